The van der Waals surface area contributed by atoms with Crippen LogP contribution in [0.2, 0.25) is 0 Å². The molecule has 5 fully saturated rings. The fourth-order valence-electron chi connectivity index (χ4n) is 7.34. The Morgan fingerprint density at radius 2 is 1.40 bits per heavy atom. The highest BCUT2D eigenvalue weighted by Gasteiger charge is 2.55. The summed E-state index contributed by atoms with van der Waals surface area (Å²) in [5.41, 5.74) is 6.88. The van der Waals surface area contributed by atoms with Crippen LogP contribution < -0.4 is 5.73 Å². The van der Waals surface area contributed by atoms with Gasteiger partial charge in [0.1, 0.15) is 0 Å². The van der Waals surface area contributed by atoms with Crippen molar-refractivity contribution in [1.82, 2.24) is 0 Å². The van der Waals surface area contributed by atoms with Crippen LogP contribution in [0.1, 0.15) is 71.1 Å². The van der Waals surface area contributed by atoms with E-state index in [-0.39, 0.29) is 0 Å². The zero-order valence-electron chi connectivity index (χ0n) is 13.3. The van der Waals surface area contributed by atoms with E-state index in [0.717, 1.165) is 42.1 Å². The average molecular weight is 275 g/mol. The predicted octanol–water partition coefficient (Wildman–Crippen LogP) is 4.60. The van der Waals surface area contributed by atoms with Gasteiger partial charge < -0.3 is 5.73 Å². The topological polar surface area (TPSA) is 26.0 Å². The van der Waals surface area contributed by atoms with Gasteiger partial charge in [-0.3, -0.25) is 0 Å². The van der Waals surface area contributed by atoms with Gasteiger partial charge in [0.2, 0.25) is 0 Å². The first kappa shape index (κ1) is 13.6. The molecule has 0 saturated heterocycles. The molecule has 5 saturated carbocycles. The molecule has 0 heterocycles. The minimum Gasteiger partial charge on any atom is -0.330 e. The lowest BCUT2D eigenvalue weighted by molar-refractivity contribution is -0.112. The zero-order chi connectivity index (χ0) is 13.7. The first-order valence-corrected chi connectivity index (χ1v) is 9.40. The highest BCUT2D eigenvalue weighted by molar-refractivity contribution is 5.05. The molecule has 1 nitrogen and oxygen atoms in total. The van der Waals surface area contributed by atoms with E-state index in [1.165, 1.54) is 32.1 Å². The molecule has 0 radical (unpaired) electrons. The molecule has 1 heteroatoms. The van der Waals surface area contributed by atoms with Crippen molar-refractivity contribution in [3.05, 3.63) is 0 Å². The summed E-state index contributed by atoms with van der Waals surface area (Å²) >= 11 is 0. The van der Waals surface area contributed by atoms with Crippen molar-refractivity contribution in [2.24, 2.45) is 46.7 Å². The Kier molecular flexibility index (Phi) is 3.41. The van der Waals surface area contributed by atoms with E-state index in [9.17, 15) is 0 Å². The largest absolute Gasteiger partial charge is 0.330 e. The molecule has 0 aromatic rings. The van der Waals surface area contributed by atoms with E-state index in [1.807, 2.05) is 0 Å². The lowest BCUT2D eigenvalue weighted by Crippen LogP contribution is -2.55. The summed E-state index contributed by atoms with van der Waals surface area (Å²) < 4.78 is 0. The fourth-order valence-corrected chi connectivity index (χ4v) is 7.34. The molecule has 0 spiro atoms. The maximum atomic E-state index is 6.42. The van der Waals surface area contributed by atoms with E-state index in [4.69, 9.17) is 5.73 Å². The highest BCUT2D eigenvalue weighted by Crippen LogP contribution is 2.62. The SMILES string of the molecule is CC(CN)(C1CCCCC1)C1C2CC3CC(C2)CC1C3. The molecule has 0 aromatic heterocycles. The molecule has 5 aliphatic rings. The third-order valence-corrected chi connectivity index (χ3v) is 7.97. The third-order valence-electron chi connectivity index (χ3n) is 7.97. The molecule has 5 rings (SSSR count). The highest BCUT2D eigenvalue weighted by atomic mass is 14.7. The van der Waals surface area contributed by atoms with Gasteiger partial charge in [-0.25, -0.2) is 0 Å². The van der Waals surface area contributed by atoms with Crippen LogP contribution >= 0.6 is 0 Å². The smallest absolute Gasteiger partial charge is 0.00177 e. The Morgan fingerprint density at radius 1 is 0.850 bits per heavy atom. The molecule has 1 atom stereocenters. The molecule has 114 valence electrons. The van der Waals surface area contributed by atoms with Crippen molar-refractivity contribution in [3.8, 4) is 0 Å². The molecule has 1 unspecified atom stereocenters. The van der Waals surface area contributed by atoms with Gasteiger partial charge in [0.25, 0.3) is 0 Å². The van der Waals surface area contributed by atoms with Crippen molar-refractivity contribution in [2.75, 3.05) is 6.54 Å². The van der Waals surface area contributed by atoms with Gasteiger partial charge in [-0.15, -0.1) is 0 Å². The van der Waals surface area contributed by atoms with Gasteiger partial charge in [0.05, 0.1) is 0 Å². The molecular formula is C19H33N. The van der Waals surface area contributed by atoms with Crippen molar-refractivity contribution >= 4 is 0 Å². The summed E-state index contributed by atoms with van der Waals surface area (Å²) in [6, 6.07) is 0. The lowest BCUT2D eigenvalue weighted by Gasteiger charge is -2.61. The second-order valence-corrected chi connectivity index (χ2v) is 9.00. The minimum atomic E-state index is 0.461. The van der Waals surface area contributed by atoms with Crippen LogP contribution in [0.4, 0.5) is 0 Å². The number of nitrogens with two attached hydrogens (primary N) is 1. The maximum Gasteiger partial charge on any atom is -0.00177 e. The van der Waals surface area contributed by atoms with E-state index in [2.05, 4.69) is 6.92 Å². The van der Waals surface area contributed by atoms with E-state index in [0.29, 0.717) is 5.41 Å². The molecule has 0 amide bonds. The predicted molar refractivity (Wildman–Crippen MR) is 84.3 cm³/mol. The quantitative estimate of drug-likeness (QED) is 0.800. The van der Waals surface area contributed by atoms with Gasteiger partial charge >= 0.3 is 0 Å². The van der Waals surface area contributed by atoms with Crippen molar-refractivity contribution in [2.45, 2.75) is 71.1 Å². The average Bonchev–Trinajstić information content (AvgIpc) is 2.46. The zero-order valence-corrected chi connectivity index (χ0v) is 13.3. The molecule has 0 aliphatic heterocycles. The van der Waals surface area contributed by atoms with Gasteiger partial charge in [-0.1, -0.05) is 26.2 Å². The van der Waals surface area contributed by atoms with Crippen molar-refractivity contribution < 1.29 is 0 Å². The lowest BCUT2D eigenvalue weighted by atomic mass is 9.44. The first-order valence-electron chi connectivity index (χ1n) is 9.40. The summed E-state index contributed by atoms with van der Waals surface area (Å²) in [6.45, 7) is 3.54. The summed E-state index contributed by atoms with van der Waals surface area (Å²) in [5.74, 6) is 6.19. The minimum absolute atomic E-state index is 0.461. The van der Waals surface area contributed by atoms with Crippen LogP contribution in [0, 0.1) is 40.9 Å². The van der Waals surface area contributed by atoms with Crippen LogP contribution in [0.5, 0.6) is 0 Å². The molecule has 0 aromatic carbocycles. The van der Waals surface area contributed by atoms with Gasteiger partial charge in [0.15, 0.2) is 0 Å². The monoisotopic (exact) mass is 275 g/mol. The normalized spacial score (nSPS) is 47.4. The summed E-state index contributed by atoms with van der Waals surface area (Å²) in [7, 11) is 0. The van der Waals surface area contributed by atoms with Crippen molar-refractivity contribution in [3.63, 3.8) is 0 Å². The Bertz CT molecular complexity index is 329. The summed E-state index contributed by atoms with van der Waals surface area (Å²) in [5, 5.41) is 0. The number of hydrogen-bond acceptors (Lipinski definition) is 1. The third kappa shape index (κ3) is 1.99. The van der Waals surface area contributed by atoms with Gasteiger partial charge in [-0.05, 0) is 92.4 Å². The van der Waals surface area contributed by atoms with Gasteiger partial charge in [-0.2, -0.15) is 0 Å². The number of hydrogen-bond donors (Lipinski definition) is 1. The molecule has 4 bridgehead atoms. The van der Waals surface area contributed by atoms with E-state index in [1.54, 1.807) is 32.1 Å². The van der Waals surface area contributed by atoms with Crippen LogP contribution in [-0.4, -0.2) is 6.54 Å². The maximum absolute atomic E-state index is 6.42. The fraction of sp³-hybridized carbons (Fsp3) is 1.00. The first-order chi connectivity index (χ1) is 9.70. The second-order valence-electron chi connectivity index (χ2n) is 9.00. The van der Waals surface area contributed by atoms with Crippen LogP contribution in [0.25, 0.3) is 0 Å². The van der Waals surface area contributed by atoms with Gasteiger partial charge in [0, 0.05) is 0 Å². The van der Waals surface area contributed by atoms with E-state index < -0.39 is 0 Å². The Hall–Kier alpha value is -0.0400. The standard InChI is InChI=1S/C19H33N/c1-19(12-20,17-5-3-2-4-6-17)18-15-8-13-7-14(10-15)11-16(18)9-13/h13-18H,2-12,20H2,1H3. The van der Waals surface area contributed by atoms with E-state index >= 15 is 0 Å². The summed E-state index contributed by atoms with van der Waals surface area (Å²) in [6.07, 6.45) is 15.1. The molecular weight excluding hydrogens is 242 g/mol. The Labute approximate surface area is 125 Å². The molecule has 2 N–H and O–H groups in total. The molecule has 20 heavy (non-hydrogen) atoms. The number of rotatable bonds is 3. The van der Waals surface area contributed by atoms with Crippen LogP contribution in [0.15, 0.2) is 0 Å². The van der Waals surface area contributed by atoms with Crippen LogP contribution in [-0.2, 0) is 0 Å². The Balaban J connectivity index is 1.60. The summed E-state index contributed by atoms with van der Waals surface area (Å²) in [4.78, 5) is 0. The second kappa shape index (κ2) is 5.00. The van der Waals surface area contributed by atoms with Crippen molar-refractivity contribution in [1.29, 1.82) is 0 Å². The molecule has 5 aliphatic carbocycles. The van der Waals surface area contributed by atoms with Crippen LogP contribution in [0.3, 0.4) is 0 Å². The Morgan fingerprint density at radius 3 is 1.90 bits per heavy atom.